The van der Waals surface area contributed by atoms with E-state index in [2.05, 4.69) is 0 Å². The molecule has 1 saturated heterocycles. The first-order valence-corrected chi connectivity index (χ1v) is 18.3. The van der Waals surface area contributed by atoms with Crippen LogP contribution >= 0.6 is 0 Å². The fraction of sp³-hybridized carbons (Fsp3) is 0.171. The minimum atomic E-state index is -2.40. The zero-order valence-electron chi connectivity index (χ0n) is 32.9. The average molecular weight is 927 g/mol. The van der Waals surface area contributed by atoms with Crippen LogP contribution in [-0.2, 0) is 35.0 Å². The molecule has 0 aromatic heterocycles. The van der Waals surface area contributed by atoms with E-state index in [9.17, 15) is 95.8 Å². The van der Waals surface area contributed by atoms with Gasteiger partial charge in [-0.2, -0.15) is 0 Å². The van der Waals surface area contributed by atoms with E-state index in [-0.39, 0.29) is 5.56 Å². The van der Waals surface area contributed by atoms with Crippen LogP contribution in [0, 0.1) is 0 Å². The summed E-state index contributed by atoms with van der Waals surface area (Å²) < 4.78 is 34.1. The van der Waals surface area contributed by atoms with Crippen LogP contribution < -0.4 is 0 Å². The second-order valence-corrected chi connectivity index (χ2v) is 14.0. The predicted molar refractivity (Wildman–Crippen MR) is 209 cm³/mol. The molecule has 0 bridgehead atoms. The molecule has 66 heavy (non-hydrogen) atoms. The number of rotatable bonds is 12. The van der Waals surface area contributed by atoms with Crippen LogP contribution in [0.4, 0.5) is 0 Å². The lowest BCUT2D eigenvalue weighted by Crippen LogP contribution is -2.63. The molecule has 5 aromatic carbocycles. The Morgan fingerprint density at radius 2 is 0.697 bits per heavy atom. The van der Waals surface area contributed by atoms with Gasteiger partial charge in [-0.05, 0) is 66.2 Å². The van der Waals surface area contributed by atoms with E-state index in [1.807, 2.05) is 0 Å². The minimum absolute atomic E-state index is 0.190. The molecule has 0 aliphatic carbocycles. The Bertz CT molecular complexity index is 2630. The smallest absolute Gasteiger partial charge is 0.340 e. The van der Waals surface area contributed by atoms with E-state index in [0.29, 0.717) is 48.5 Å². The molecular weight excluding hydrogens is 892 g/mol. The average Bonchev–Trinajstić information content (AvgIpc) is 3.26. The van der Waals surface area contributed by atoms with Crippen LogP contribution in [-0.4, -0.2) is 138 Å². The van der Waals surface area contributed by atoms with Gasteiger partial charge >= 0.3 is 23.9 Å². The molecule has 0 radical (unpaired) electrons. The quantitative estimate of drug-likeness (QED) is 0.0483. The number of carbonyl (C=O) groups excluding carboxylic acids is 4. The summed E-state index contributed by atoms with van der Waals surface area (Å²) in [5, 5.41) is 151. The second-order valence-electron chi connectivity index (χ2n) is 14.0. The summed E-state index contributed by atoms with van der Waals surface area (Å²) in [7, 11) is 0. The Morgan fingerprint density at radius 3 is 1.06 bits per heavy atom. The van der Waals surface area contributed by atoms with Crippen molar-refractivity contribution in [2.75, 3.05) is 6.61 Å². The van der Waals surface area contributed by atoms with E-state index in [1.54, 1.807) is 0 Å². The van der Waals surface area contributed by atoms with Crippen molar-refractivity contribution in [3.8, 4) is 86.2 Å². The van der Waals surface area contributed by atoms with Gasteiger partial charge in [-0.1, -0.05) is 0 Å². The van der Waals surface area contributed by atoms with Crippen LogP contribution in [0.3, 0.4) is 0 Å². The van der Waals surface area contributed by atoms with Gasteiger partial charge < -0.3 is 105 Å². The van der Waals surface area contributed by atoms with Gasteiger partial charge in [0, 0.05) is 0 Å². The van der Waals surface area contributed by atoms with Crippen molar-refractivity contribution in [3.63, 3.8) is 0 Å². The molecule has 5 aromatic rings. The molecule has 5 atom stereocenters. The number of carbonyl (C=O) groups is 4. The van der Waals surface area contributed by atoms with Crippen molar-refractivity contribution < 1.29 is 124 Å². The maximum absolute atomic E-state index is 13.8. The van der Waals surface area contributed by atoms with Gasteiger partial charge in [0.05, 0.1) is 28.9 Å². The first kappa shape index (κ1) is 46.4. The molecular formula is C41H34O25. The Morgan fingerprint density at radius 1 is 0.394 bits per heavy atom. The van der Waals surface area contributed by atoms with Gasteiger partial charge in [-0.25, -0.2) is 19.2 Å². The third-order valence-electron chi connectivity index (χ3n) is 9.47. The van der Waals surface area contributed by atoms with Crippen LogP contribution in [0.1, 0.15) is 47.0 Å². The van der Waals surface area contributed by atoms with Gasteiger partial charge in [-0.15, -0.1) is 0 Å². The summed E-state index contributed by atoms with van der Waals surface area (Å²) in [5.74, 6) is -21.3. The van der Waals surface area contributed by atoms with Gasteiger partial charge in [0.25, 0.3) is 0 Å². The molecule has 0 amide bonds. The third kappa shape index (κ3) is 9.60. The lowest BCUT2D eigenvalue weighted by atomic mass is 9.97. The number of phenolic OH excluding ortho intramolecular Hbond substituents is 15. The SMILES string of the molecule is O=C(OCC1O[C@@H](OC(=O)c2cc(O)c(O)c(O)c2)C(OC(=O)c2cc(O)c(O)c(O)c2)[C@@H](OCc2cc(O)c(O)c(O)c2)[C@@H]1OC(=O)c1cc(O)c(O)c(O)c1)c1cc(O)c(O)c(O)c1. The number of phenols is 15. The Hall–Kier alpha value is -9.10. The maximum atomic E-state index is 13.8. The molecule has 0 spiro atoms. The highest BCUT2D eigenvalue weighted by Gasteiger charge is 2.53. The highest BCUT2D eigenvalue weighted by Crippen LogP contribution is 2.41. The van der Waals surface area contributed by atoms with E-state index in [4.69, 9.17) is 28.4 Å². The zero-order valence-corrected chi connectivity index (χ0v) is 32.9. The normalized spacial score (nSPS) is 17.9. The Labute approximate surface area is 366 Å². The highest BCUT2D eigenvalue weighted by atomic mass is 16.7. The molecule has 1 heterocycles. The fourth-order valence-electron chi connectivity index (χ4n) is 6.19. The van der Waals surface area contributed by atoms with Crippen LogP contribution in [0.2, 0.25) is 0 Å². The van der Waals surface area contributed by atoms with Gasteiger partial charge in [0.1, 0.15) is 18.8 Å². The highest BCUT2D eigenvalue weighted by molar-refractivity contribution is 5.93. The Balaban J connectivity index is 1.50. The number of esters is 4. The number of ether oxygens (including phenoxy) is 6. The first-order chi connectivity index (χ1) is 31.0. The summed E-state index contributed by atoms with van der Waals surface area (Å²) in [4.78, 5) is 54.6. The summed E-state index contributed by atoms with van der Waals surface area (Å²) in [6.45, 7) is -1.99. The van der Waals surface area contributed by atoms with Gasteiger partial charge in [0.15, 0.2) is 98.5 Å². The van der Waals surface area contributed by atoms with Crippen molar-refractivity contribution >= 4 is 23.9 Å². The Kier molecular flexibility index (Phi) is 12.9. The summed E-state index contributed by atoms with van der Waals surface area (Å²) in [5.41, 5.74) is -2.94. The fourth-order valence-corrected chi connectivity index (χ4v) is 6.19. The molecule has 1 aliphatic heterocycles. The molecule has 15 N–H and O–H groups in total. The topological polar surface area (TPSA) is 427 Å². The van der Waals surface area contributed by atoms with E-state index < -0.39 is 176 Å². The summed E-state index contributed by atoms with van der Waals surface area (Å²) >= 11 is 0. The van der Waals surface area contributed by atoms with Gasteiger partial charge in [-0.3, -0.25) is 0 Å². The zero-order chi connectivity index (χ0) is 48.5. The second kappa shape index (κ2) is 18.3. The molecule has 1 fully saturated rings. The van der Waals surface area contributed by atoms with Crippen molar-refractivity contribution in [2.45, 2.75) is 37.3 Å². The lowest BCUT2D eigenvalue weighted by molar-refractivity contribution is -0.292. The molecule has 348 valence electrons. The number of hydrogen-bond acceptors (Lipinski definition) is 25. The van der Waals surface area contributed by atoms with Crippen molar-refractivity contribution in [3.05, 3.63) is 88.5 Å². The van der Waals surface area contributed by atoms with Crippen LogP contribution in [0.15, 0.2) is 60.7 Å². The maximum Gasteiger partial charge on any atom is 0.340 e. The molecule has 0 saturated carbocycles. The minimum Gasteiger partial charge on any atom is -0.504 e. The van der Waals surface area contributed by atoms with Crippen molar-refractivity contribution in [2.24, 2.45) is 0 Å². The van der Waals surface area contributed by atoms with E-state index in [0.717, 1.165) is 12.1 Å². The molecule has 1 aliphatic rings. The third-order valence-corrected chi connectivity index (χ3v) is 9.47. The van der Waals surface area contributed by atoms with Crippen LogP contribution in [0.5, 0.6) is 86.2 Å². The van der Waals surface area contributed by atoms with E-state index in [1.165, 1.54) is 0 Å². The van der Waals surface area contributed by atoms with Crippen molar-refractivity contribution in [1.29, 1.82) is 0 Å². The number of hydrogen-bond donors (Lipinski definition) is 15. The monoisotopic (exact) mass is 926 g/mol. The lowest BCUT2D eigenvalue weighted by Gasteiger charge is -2.44. The molecule has 25 heteroatoms. The number of benzene rings is 5. The van der Waals surface area contributed by atoms with Gasteiger partial charge in [0.2, 0.25) is 6.29 Å². The number of aromatic hydroxyl groups is 15. The summed E-state index contributed by atoms with van der Waals surface area (Å²) in [6.07, 6.45) is -11.1. The predicted octanol–water partition coefficient (Wildman–Crippen LogP) is 2.05. The summed E-state index contributed by atoms with van der Waals surface area (Å²) in [6, 6.07) is 6.71. The van der Waals surface area contributed by atoms with E-state index >= 15 is 0 Å². The molecule has 25 nitrogen and oxygen atoms in total. The molecule has 2 unspecified atom stereocenters. The largest absolute Gasteiger partial charge is 0.504 e. The molecule has 6 rings (SSSR count). The first-order valence-electron chi connectivity index (χ1n) is 18.3. The standard InChI is InChI=1S/C41H34O25/c42-18-1-13(2-19(43)29(18)52)11-61-35-34(64-38(58)15-5-22(46)31(54)23(47)6-15)28(12-62-37(57)14-3-20(44)30(53)21(45)4-14)63-41(66-40(60)17-9-26(50)33(56)27(51)10-17)36(35)65-39(59)16-7-24(48)32(55)25(49)8-16/h1-10,28,34-36,41-56H,11-12H2/t28?,34-,35+,36?,41+/m1/s1. The van der Waals surface area contributed by atoms with Crippen molar-refractivity contribution in [1.82, 2.24) is 0 Å². The van der Waals surface area contributed by atoms with Crippen LogP contribution in [0.25, 0.3) is 0 Å².